The lowest BCUT2D eigenvalue weighted by atomic mass is 10.2. The number of allylic oxidation sites excluding steroid dienone is 1. The standard InChI is InChI=1S/C11H22O2Si/c1-10(8-9-12-5)13-14(6,7)11(2,3)4/h8-9H,1H2,2-7H3/b9-8+. The smallest absolute Gasteiger partial charge is 0.250 e. The van der Waals surface area contributed by atoms with Crippen molar-refractivity contribution in [2.45, 2.75) is 38.9 Å². The molecule has 0 rings (SSSR count). The second-order valence-electron chi connectivity index (χ2n) is 4.87. The Morgan fingerprint density at radius 2 is 1.79 bits per heavy atom. The van der Waals surface area contributed by atoms with Gasteiger partial charge in [0, 0.05) is 6.08 Å². The highest BCUT2D eigenvalue weighted by Gasteiger charge is 2.38. The maximum atomic E-state index is 5.88. The first-order valence-corrected chi connectivity index (χ1v) is 7.69. The van der Waals surface area contributed by atoms with Crippen molar-refractivity contribution in [1.82, 2.24) is 0 Å². The summed E-state index contributed by atoms with van der Waals surface area (Å²) < 4.78 is 10.7. The van der Waals surface area contributed by atoms with Gasteiger partial charge in [-0.3, -0.25) is 0 Å². The number of methoxy groups -OCH3 is 1. The first-order valence-electron chi connectivity index (χ1n) is 4.78. The number of rotatable bonds is 4. The Morgan fingerprint density at radius 3 is 2.14 bits per heavy atom. The number of ether oxygens (including phenoxy) is 1. The Labute approximate surface area is 88.7 Å². The summed E-state index contributed by atoms with van der Waals surface area (Å²) in [5.41, 5.74) is 0. The van der Waals surface area contributed by atoms with Crippen LogP contribution in [0.5, 0.6) is 0 Å². The molecule has 0 unspecified atom stereocenters. The largest absolute Gasteiger partial charge is 0.544 e. The monoisotopic (exact) mass is 214 g/mol. The third-order valence-electron chi connectivity index (χ3n) is 2.58. The molecule has 0 aromatic carbocycles. The minimum atomic E-state index is -1.72. The van der Waals surface area contributed by atoms with Gasteiger partial charge in [0.05, 0.1) is 19.1 Å². The molecule has 0 aliphatic carbocycles. The van der Waals surface area contributed by atoms with Gasteiger partial charge < -0.3 is 9.16 Å². The number of hydrogen-bond acceptors (Lipinski definition) is 2. The molecule has 0 atom stereocenters. The Hall–Kier alpha value is -0.703. The molecule has 0 spiro atoms. The summed E-state index contributed by atoms with van der Waals surface area (Å²) in [6.07, 6.45) is 3.33. The molecule has 3 heteroatoms. The molecular weight excluding hydrogens is 192 g/mol. The summed E-state index contributed by atoms with van der Waals surface area (Å²) >= 11 is 0. The quantitative estimate of drug-likeness (QED) is 0.404. The van der Waals surface area contributed by atoms with E-state index in [1.54, 1.807) is 19.4 Å². The fraction of sp³-hybridized carbons (Fsp3) is 0.636. The van der Waals surface area contributed by atoms with Gasteiger partial charge in [-0.2, -0.15) is 0 Å². The predicted molar refractivity (Wildman–Crippen MR) is 63.6 cm³/mol. The average Bonchev–Trinajstić information content (AvgIpc) is 1.97. The maximum absolute atomic E-state index is 5.88. The van der Waals surface area contributed by atoms with E-state index in [4.69, 9.17) is 9.16 Å². The van der Waals surface area contributed by atoms with Crippen molar-refractivity contribution in [3.63, 3.8) is 0 Å². The molecule has 0 radical (unpaired) electrons. The Bertz CT molecular complexity index is 224. The third-order valence-corrected chi connectivity index (χ3v) is 6.97. The first kappa shape index (κ1) is 13.3. The Morgan fingerprint density at radius 1 is 1.29 bits per heavy atom. The number of hydrogen-bond donors (Lipinski definition) is 0. The van der Waals surface area contributed by atoms with E-state index in [2.05, 4.69) is 40.4 Å². The van der Waals surface area contributed by atoms with E-state index < -0.39 is 8.32 Å². The van der Waals surface area contributed by atoms with E-state index >= 15 is 0 Å². The molecule has 2 nitrogen and oxygen atoms in total. The van der Waals surface area contributed by atoms with E-state index in [1.807, 2.05) is 0 Å². The second-order valence-corrected chi connectivity index (χ2v) is 9.59. The van der Waals surface area contributed by atoms with Gasteiger partial charge in [0.25, 0.3) is 0 Å². The summed E-state index contributed by atoms with van der Waals surface area (Å²) in [6, 6.07) is 0. The summed E-state index contributed by atoms with van der Waals surface area (Å²) in [6.45, 7) is 14.8. The molecule has 0 N–H and O–H groups in total. The van der Waals surface area contributed by atoms with Crippen molar-refractivity contribution in [3.8, 4) is 0 Å². The van der Waals surface area contributed by atoms with Crippen LogP contribution in [0.2, 0.25) is 18.1 Å². The minimum absolute atomic E-state index is 0.205. The normalized spacial score (nSPS) is 13.0. The van der Waals surface area contributed by atoms with Crippen LogP contribution in [0.4, 0.5) is 0 Å². The molecule has 82 valence electrons. The highest BCUT2D eigenvalue weighted by Crippen LogP contribution is 2.37. The first-order chi connectivity index (χ1) is 6.20. The van der Waals surface area contributed by atoms with Crippen molar-refractivity contribution in [2.75, 3.05) is 7.11 Å². The highest BCUT2D eigenvalue weighted by atomic mass is 28.4. The van der Waals surface area contributed by atoms with Crippen LogP contribution in [0.15, 0.2) is 24.7 Å². The molecule has 0 saturated carbocycles. The van der Waals surface area contributed by atoms with Gasteiger partial charge in [0.15, 0.2) is 0 Å². The Balaban J connectivity index is 4.37. The van der Waals surface area contributed by atoms with E-state index in [9.17, 15) is 0 Å². The van der Waals surface area contributed by atoms with E-state index in [1.165, 1.54) is 0 Å². The highest BCUT2D eigenvalue weighted by molar-refractivity contribution is 6.74. The van der Waals surface area contributed by atoms with Crippen molar-refractivity contribution in [1.29, 1.82) is 0 Å². The van der Waals surface area contributed by atoms with Crippen LogP contribution >= 0.6 is 0 Å². The van der Waals surface area contributed by atoms with E-state index in [0.717, 1.165) is 0 Å². The SMILES string of the molecule is C=C(/C=C/OC)O[Si](C)(C)C(C)(C)C. The van der Waals surface area contributed by atoms with Gasteiger partial charge in [-0.05, 0) is 18.1 Å². The third kappa shape index (κ3) is 4.00. The van der Waals surface area contributed by atoms with Gasteiger partial charge in [-0.25, -0.2) is 0 Å². The molecule has 0 bridgehead atoms. The van der Waals surface area contributed by atoms with Gasteiger partial charge in [-0.1, -0.05) is 27.4 Å². The minimum Gasteiger partial charge on any atom is -0.544 e. The van der Waals surface area contributed by atoms with E-state index in [0.29, 0.717) is 5.76 Å². The van der Waals surface area contributed by atoms with Crippen LogP contribution in [0, 0.1) is 0 Å². The summed E-state index contributed by atoms with van der Waals surface area (Å²) in [4.78, 5) is 0. The second kappa shape index (κ2) is 4.69. The molecular formula is C11H22O2Si. The maximum Gasteiger partial charge on any atom is 0.250 e. The van der Waals surface area contributed by atoms with Gasteiger partial charge in [0.1, 0.15) is 0 Å². The topological polar surface area (TPSA) is 18.5 Å². The van der Waals surface area contributed by atoms with Gasteiger partial charge in [0.2, 0.25) is 8.32 Å². The fourth-order valence-electron chi connectivity index (χ4n) is 0.659. The van der Waals surface area contributed by atoms with Crippen LogP contribution in [0.1, 0.15) is 20.8 Å². The lowest BCUT2D eigenvalue weighted by Crippen LogP contribution is -2.40. The van der Waals surface area contributed by atoms with Crippen LogP contribution in [0.25, 0.3) is 0 Å². The van der Waals surface area contributed by atoms with Crippen LogP contribution in [0.3, 0.4) is 0 Å². The van der Waals surface area contributed by atoms with Crippen molar-refractivity contribution < 1.29 is 9.16 Å². The molecule has 14 heavy (non-hydrogen) atoms. The lowest BCUT2D eigenvalue weighted by molar-refractivity contribution is 0.332. The lowest BCUT2D eigenvalue weighted by Gasteiger charge is -2.36. The predicted octanol–water partition coefficient (Wildman–Crippen LogP) is 3.68. The molecule has 0 amide bonds. The Kier molecular flexibility index (Phi) is 4.45. The van der Waals surface area contributed by atoms with Crippen molar-refractivity contribution in [2.24, 2.45) is 0 Å². The van der Waals surface area contributed by atoms with Gasteiger partial charge >= 0.3 is 0 Å². The summed E-state index contributed by atoms with van der Waals surface area (Å²) in [5, 5.41) is 0.205. The average molecular weight is 214 g/mol. The zero-order chi connectivity index (χ0) is 11.4. The van der Waals surface area contributed by atoms with Crippen molar-refractivity contribution >= 4 is 8.32 Å². The molecule has 0 saturated heterocycles. The van der Waals surface area contributed by atoms with E-state index in [-0.39, 0.29) is 5.04 Å². The molecule has 0 heterocycles. The summed E-state index contributed by atoms with van der Waals surface area (Å²) in [7, 11) is -0.117. The molecule has 0 aromatic heterocycles. The zero-order valence-electron chi connectivity index (χ0n) is 10.2. The van der Waals surface area contributed by atoms with Gasteiger partial charge in [-0.15, -0.1) is 0 Å². The van der Waals surface area contributed by atoms with Crippen LogP contribution < -0.4 is 0 Å². The fourth-order valence-corrected chi connectivity index (χ4v) is 1.69. The molecule has 0 aliphatic heterocycles. The van der Waals surface area contributed by atoms with Crippen LogP contribution in [-0.4, -0.2) is 15.4 Å². The molecule has 0 aromatic rings. The molecule has 0 aliphatic rings. The van der Waals surface area contributed by atoms with Crippen LogP contribution in [-0.2, 0) is 9.16 Å². The van der Waals surface area contributed by atoms with Crippen molar-refractivity contribution in [3.05, 3.63) is 24.7 Å². The zero-order valence-corrected chi connectivity index (χ0v) is 11.2. The summed E-state index contributed by atoms with van der Waals surface area (Å²) in [5.74, 6) is 0.679. The molecule has 0 fully saturated rings.